The molecule has 0 atom stereocenters. The molecule has 1 aliphatic rings. The molecule has 10 heteroatoms. The highest BCUT2D eigenvalue weighted by Gasteiger charge is 2.22. The topological polar surface area (TPSA) is 101 Å². The van der Waals surface area contributed by atoms with Gasteiger partial charge < -0.3 is 15.0 Å². The van der Waals surface area contributed by atoms with Crippen molar-refractivity contribution in [2.45, 2.75) is 19.0 Å². The van der Waals surface area contributed by atoms with Gasteiger partial charge in [0.25, 0.3) is 0 Å². The van der Waals surface area contributed by atoms with Crippen molar-refractivity contribution >= 4 is 29.6 Å². The van der Waals surface area contributed by atoms with E-state index < -0.39 is 6.03 Å². The number of morpholine rings is 1. The molecule has 9 nitrogen and oxygen atoms in total. The van der Waals surface area contributed by atoms with E-state index in [4.69, 9.17) is 4.74 Å². The molecule has 1 aliphatic heterocycles. The van der Waals surface area contributed by atoms with E-state index in [1.807, 2.05) is 48.7 Å². The Balaban J connectivity index is 1.69. The fourth-order valence-corrected chi connectivity index (χ4v) is 3.51. The van der Waals surface area contributed by atoms with Crippen LogP contribution in [0.1, 0.15) is 13.8 Å². The number of carbonyl (C=O) groups is 2. The number of thioether (sulfide) groups is 1. The van der Waals surface area contributed by atoms with Crippen molar-refractivity contribution in [3.63, 3.8) is 0 Å². The Kier molecular flexibility index (Phi) is 7.48. The molecule has 2 heterocycles. The van der Waals surface area contributed by atoms with Crippen molar-refractivity contribution in [3.8, 4) is 5.69 Å². The number of nitrogens with one attached hydrogen (secondary N) is 2. The standard InChI is InChI=1S/C19H26N6O3S/c1-14(2)12-20-17(27)21-16(26)13-29-19-23-22-18(24-8-10-28-11-9-24)25(19)15-6-4-3-5-7-15/h3-7,14H,8-13H2,1-2H3,(H2,20,21,26,27). The van der Waals surface area contributed by atoms with Crippen LogP contribution in [0.2, 0.25) is 0 Å². The molecule has 29 heavy (non-hydrogen) atoms. The van der Waals surface area contributed by atoms with Gasteiger partial charge in [-0.3, -0.25) is 14.7 Å². The molecule has 1 aromatic heterocycles. The minimum absolute atomic E-state index is 0.0587. The highest BCUT2D eigenvalue weighted by Crippen LogP contribution is 2.27. The molecule has 0 spiro atoms. The van der Waals surface area contributed by atoms with Gasteiger partial charge in [-0.15, -0.1) is 10.2 Å². The van der Waals surface area contributed by atoms with Crippen LogP contribution >= 0.6 is 11.8 Å². The normalized spacial score (nSPS) is 14.1. The highest BCUT2D eigenvalue weighted by atomic mass is 32.2. The molecular weight excluding hydrogens is 392 g/mol. The van der Waals surface area contributed by atoms with Gasteiger partial charge in [-0.2, -0.15) is 0 Å². The summed E-state index contributed by atoms with van der Waals surface area (Å²) in [4.78, 5) is 26.0. The smallest absolute Gasteiger partial charge is 0.321 e. The predicted molar refractivity (Wildman–Crippen MR) is 111 cm³/mol. The number of ether oxygens (including phenoxy) is 1. The number of imide groups is 1. The van der Waals surface area contributed by atoms with E-state index in [9.17, 15) is 9.59 Å². The SMILES string of the molecule is CC(C)CNC(=O)NC(=O)CSc1nnc(N2CCOCC2)n1-c1ccccc1. The number of hydrogen-bond acceptors (Lipinski definition) is 7. The maximum atomic E-state index is 12.2. The summed E-state index contributed by atoms with van der Waals surface area (Å²) in [5.74, 6) is 0.709. The zero-order valence-electron chi connectivity index (χ0n) is 16.6. The minimum atomic E-state index is -0.483. The van der Waals surface area contributed by atoms with Gasteiger partial charge in [-0.05, 0) is 18.1 Å². The summed E-state index contributed by atoms with van der Waals surface area (Å²) in [6, 6.07) is 9.28. The van der Waals surface area contributed by atoms with E-state index in [2.05, 4.69) is 25.7 Å². The summed E-state index contributed by atoms with van der Waals surface area (Å²) in [7, 11) is 0. The van der Waals surface area contributed by atoms with Gasteiger partial charge in [0.05, 0.1) is 24.7 Å². The van der Waals surface area contributed by atoms with E-state index in [0.29, 0.717) is 30.8 Å². The quantitative estimate of drug-likeness (QED) is 0.660. The number of aromatic nitrogens is 3. The highest BCUT2D eigenvalue weighted by molar-refractivity contribution is 7.99. The molecule has 3 rings (SSSR count). The lowest BCUT2D eigenvalue weighted by Crippen LogP contribution is -2.41. The predicted octanol–water partition coefficient (Wildman–Crippen LogP) is 1.68. The first-order chi connectivity index (χ1) is 14.0. The van der Waals surface area contributed by atoms with Crippen LogP contribution in [-0.4, -0.2) is 65.3 Å². The second-order valence-electron chi connectivity index (χ2n) is 6.99. The molecule has 156 valence electrons. The van der Waals surface area contributed by atoms with Gasteiger partial charge in [0, 0.05) is 19.6 Å². The number of carbonyl (C=O) groups excluding carboxylic acids is 2. The molecule has 0 saturated carbocycles. The van der Waals surface area contributed by atoms with Crippen molar-refractivity contribution in [1.82, 2.24) is 25.4 Å². The van der Waals surface area contributed by atoms with Crippen LogP contribution in [0.5, 0.6) is 0 Å². The second kappa shape index (κ2) is 10.3. The Morgan fingerprint density at radius 2 is 1.90 bits per heavy atom. The molecule has 1 fully saturated rings. The summed E-state index contributed by atoms with van der Waals surface area (Å²) in [6.07, 6.45) is 0. The molecule has 2 aromatic rings. The van der Waals surface area contributed by atoms with Crippen molar-refractivity contribution in [3.05, 3.63) is 30.3 Å². The zero-order chi connectivity index (χ0) is 20.6. The number of anilines is 1. The van der Waals surface area contributed by atoms with Crippen molar-refractivity contribution < 1.29 is 14.3 Å². The zero-order valence-corrected chi connectivity index (χ0v) is 17.4. The molecule has 0 bridgehead atoms. The number of urea groups is 1. The summed E-state index contributed by atoms with van der Waals surface area (Å²) in [5.41, 5.74) is 0.913. The third kappa shape index (κ3) is 5.94. The number of nitrogens with zero attached hydrogens (tertiary/aromatic N) is 4. The largest absolute Gasteiger partial charge is 0.378 e. The van der Waals surface area contributed by atoms with Crippen LogP contribution in [0, 0.1) is 5.92 Å². The van der Waals surface area contributed by atoms with E-state index in [1.54, 1.807) is 0 Å². The summed E-state index contributed by atoms with van der Waals surface area (Å²) < 4.78 is 7.36. The van der Waals surface area contributed by atoms with Gasteiger partial charge in [-0.25, -0.2) is 4.79 Å². The number of benzene rings is 1. The van der Waals surface area contributed by atoms with Gasteiger partial charge in [0.1, 0.15) is 0 Å². The van der Waals surface area contributed by atoms with Crippen molar-refractivity contribution in [2.24, 2.45) is 5.92 Å². The first-order valence-electron chi connectivity index (χ1n) is 9.58. The van der Waals surface area contributed by atoms with Crippen molar-refractivity contribution in [2.75, 3.05) is 43.5 Å². The second-order valence-corrected chi connectivity index (χ2v) is 7.94. The number of amides is 3. The van der Waals surface area contributed by atoms with E-state index in [-0.39, 0.29) is 11.7 Å². The Hall–Kier alpha value is -2.59. The Labute approximate surface area is 174 Å². The molecule has 2 N–H and O–H groups in total. The van der Waals surface area contributed by atoms with Gasteiger partial charge in [-0.1, -0.05) is 43.8 Å². The molecule has 0 radical (unpaired) electrons. The number of para-hydroxylation sites is 1. The third-order valence-corrected chi connectivity index (χ3v) is 5.11. The summed E-state index contributed by atoms with van der Waals surface area (Å²) >= 11 is 1.24. The van der Waals surface area contributed by atoms with Crippen LogP contribution < -0.4 is 15.5 Å². The molecule has 0 unspecified atom stereocenters. The van der Waals surface area contributed by atoms with E-state index in [0.717, 1.165) is 24.7 Å². The maximum Gasteiger partial charge on any atom is 0.321 e. The fourth-order valence-electron chi connectivity index (χ4n) is 2.76. The molecule has 1 saturated heterocycles. The van der Waals surface area contributed by atoms with Gasteiger partial charge in [0.15, 0.2) is 5.16 Å². The van der Waals surface area contributed by atoms with E-state index >= 15 is 0 Å². The monoisotopic (exact) mass is 418 g/mol. The first kappa shape index (κ1) is 21.1. The van der Waals surface area contributed by atoms with Crippen LogP contribution in [0.25, 0.3) is 5.69 Å². The fraction of sp³-hybridized carbons (Fsp3) is 0.474. The van der Waals surface area contributed by atoms with Gasteiger partial charge in [0.2, 0.25) is 11.9 Å². The minimum Gasteiger partial charge on any atom is -0.378 e. The number of hydrogen-bond donors (Lipinski definition) is 2. The number of rotatable bonds is 7. The molecule has 1 aromatic carbocycles. The first-order valence-corrected chi connectivity index (χ1v) is 10.6. The molecule has 0 aliphatic carbocycles. The molecular formula is C19H26N6O3S. The third-order valence-electron chi connectivity index (χ3n) is 4.18. The Morgan fingerprint density at radius 3 is 2.59 bits per heavy atom. The van der Waals surface area contributed by atoms with E-state index in [1.165, 1.54) is 11.8 Å². The van der Waals surface area contributed by atoms with Gasteiger partial charge >= 0.3 is 6.03 Å². The summed E-state index contributed by atoms with van der Waals surface area (Å²) in [5, 5.41) is 14.2. The lowest BCUT2D eigenvalue weighted by atomic mass is 10.2. The van der Waals surface area contributed by atoms with Crippen LogP contribution in [0.3, 0.4) is 0 Å². The maximum absolute atomic E-state index is 12.2. The Morgan fingerprint density at radius 1 is 1.17 bits per heavy atom. The lowest BCUT2D eigenvalue weighted by molar-refractivity contribution is -0.117. The lowest BCUT2D eigenvalue weighted by Gasteiger charge is -2.27. The Bertz CT molecular complexity index is 821. The average Bonchev–Trinajstić information content (AvgIpc) is 3.16. The summed E-state index contributed by atoms with van der Waals surface area (Å²) in [6.45, 7) is 7.21. The van der Waals surface area contributed by atoms with Crippen LogP contribution in [-0.2, 0) is 9.53 Å². The average molecular weight is 419 g/mol. The van der Waals surface area contributed by atoms with Crippen LogP contribution in [0.15, 0.2) is 35.5 Å². The van der Waals surface area contributed by atoms with Crippen LogP contribution in [0.4, 0.5) is 10.7 Å². The molecule has 3 amide bonds. The van der Waals surface area contributed by atoms with Crippen molar-refractivity contribution in [1.29, 1.82) is 0 Å².